The number of hydrogen-bond acceptors (Lipinski definition) is 5. The van der Waals surface area contributed by atoms with Gasteiger partial charge in [0.1, 0.15) is 5.82 Å². The van der Waals surface area contributed by atoms with E-state index in [0.717, 1.165) is 31.7 Å². The van der Waals surface area contributed by atoms with E-state index >= 15 is 0 Å². The number of nitrogens with one attached hydrogen (secondary N) is 1. The van der Waals surface area contributed by atoms with Crippen LogP contribution in [0.3, 0.4) is 0 Å². The lowest BCUT2D eigenvalue weighted by molar-refractivity contribution is -0.123. The molecule has 1 fully saturated rings. The lowest BCUT2D eigenvalue weighted by atomic mass is 9.96. The maximum absolute atomic E-state index is 12.2. The van der Waals surface area contributed by atoms with Crippen LogP contribution in [0.25, 0.3) is 0 Å². The predicted octanol–water partition coefficient (Wildman–Crippen LogP) is 0.858. The fraction of sp³-hybridized carbons (Fsp3) is 0.750. The average Bonchev–Trinajstić information content (AvgIpc) is 2.95. The highest BCUT2D eigenvalue weighted by Gasteiger charge is 2.26. The summed E-state index contributed by atoms with van der Waals surface area (Å²) in [5.41, 5.74) is -0.446. The summed E-state index contributed by atoms with van der Waals surface area (Å²) in [7, 11) is 0. The van der Waals surface area contributed by atoms with E-state index in [0.29, 0.717) is 6.54 Å². The molecule has 1 aromatic heterocycles. The van der Waals surface area contributed by atoms with Gasteiger partial charge in [-0.2, -0.15) is 5.10 Å². The number of likely N-dealkylation sites (tertiary alicyclic amines) is 1. The molecule has 1 aromatic rings. The quantitative estimate of drug-likeness (QED) is 0.747. The van der Waals surface area contributed by atoms with Crippen LogP contribution in [-0.2, 0) is 4.79 Å². The van der Waals surface area contributed by atoms with Crippen LogP contribution in [0.1, 0.15) is 39.7 Å². The number of aliphatic hydroxyl groups is 2. The molecule has 0 aromatic carbocycles. The molecule has 1 saturated heterocycles. The minimum atomic E-state index is -0.683. The van der Waals surface area contributed by atoms with E-state index < -0.39 is 11.5 Å². The molecule has 2 rings (SSSR count). The Bertz CT molecular complexity index is 516. The van der Waals surface area contributed by atoms with Gasteiger partial charge in [0.15, 0.2) is 0 Å². The molecule has 0 radical (unpaired) electrons. The van der Waals surface area contributed by atoms with Gasteiger partial charge in [-0.25, -0.2) is 4.68 Å². The Morgan fingerprint density at radius 2 is 2.09 bits per heavy atom. The van der Waals surface area contributed by atoms with Gasteiger partial charge in [0.05, 0.1) is 24.9 Å². The van der Waals surface area contributed by atoms with E-state index in [2.05, 4.69) is 15.3 Å². The Balaban J connectivity index is 1.94. The van der Waals surface area contributed by atoms with Crippen molar-refractivity contribution >= 4 is 11.7 Å². The molecule has 23 heavy (non-hydrogen) atoms. The molecule has 130 valence electrons. The molecule has 1 atom stereocenters. The van der Waals surface area contributed by atoms with E-state index in [1.165, 1.54) is 0 Å². The molecule has 7 heteroatoms. The minimum absolute atomic E-state index is 0.0252. The Morgan fingerprint density at radius 1 is 1.43 bits per heavy atom. The first-order chi connectivity index (χ1) is 10.8. The fourth-order valence-electron chi connectivity index (χ4n) is 2.71. The van der Waals surface area contributed by atoms with Crippen molar-refractivity contribution in [2.45, 2.75) is 45.8 Å². The molecule has 0 bridgehead atoms. The molecular formula is C16H28N4O3. The Hall–Kier alpha value is -1.44. The van der Waals surface area contributed by atoms with Crippen LogP contribution in [0.5, 0.6) is 0 Å². The van der Waals surface area contributed by atoms with Crippen molar-refractivity contribution in [3.63, 3.8) is 0 Å². The lowest BCUT2D eigenvalue weighted by Crippen LogP contribution is -2.40. The van der Waals surface area contributed by atoms with Crippen molar-refractivity contribution in [1.82, 2.24) is 14.7 Å². The van der Waals surface area contributed by atoms with Gasteiger partial charge in [-0.15, -0.1) is 0 Å². The van der Waals surface area contributed by atoms with Crippen LogP contribution in [0.2, 0.25) is 0 Å². The molecule has 3 N–H and O–H groups in total. The molecule has 0 unspecified atom stereocenters. The van der Waals surface area contributed by atoms with Gasteiger partial charge in [0.2, 0.25) is 5.91 Å². The second-order valence-electron chi connectivity index (χ2n) is 7.23. The van der Waals surface area contributed by atoms with Crippen LogP contribution in [0.15, 0.2) is 12.3 Å². The van der Waals surface area contributed by atoms with Gasteiger partial charge in [-0.05, 0) is 12.8 Å². The van der Waals surface area contributed by atoms with Crippen LogP contribution < -0.4 is 5.32 Å². The molecular weight excluding hydrogens is 296 g/mol. The van der Waals surface area contributed by atoms with E-state index in [-0.39, 0.29) is 18.6 Å². The number of aliphatic hydroxyl groups excluding tert-OH is 2. The van der Waals surface area contributed by atoms with Crippen molar-refractivity contribution in [3.8, 4) is 0 Å². The number of β-amino-alcohol motifs (C(OH)–C–C–N with tert-alkyl or cyclic N) is 1. The van der Waals surface area contributed by atoms with Gasteiger partial charge < -0.3 is 20.4 Å². The highest BCUT2D eigenvalue weighted by molar-refractivity contribution is 5.93. The number of hydrogen-bond donors (Lipinski definition) is 3. The van der Waals surface area contributed by atoms with Gasteiger partial charge in [0, 0.05) is 31.1 Å². The number of carbonyl (C=O) groups is 1. The third-order valence-corrected chi connectivity index (χ3v) is 4.18. The molecule has 7 nitrogen and oxygen atoms in total. The number of piperidine rings is 1. The zero-order valence-corrected chi connectivity index (χ0v) is 14.2. The number of anilines is 1. The molecule has 0 spiro atoms. The first-order valence-electron chi connectivity index (χ1n) is 8.17. The normalized spacial score (nSPS) is 18.8. The molecule has 0 saturated carbocycles. The Labute approximate surface area is 137 Å². The highest BCUT2D eigenvalue weighted by atomic mass is 16.3. The average molecular weight is 324 g/mol. The zero-order chi connectivity index (χ0) is 17.0. The van der Waals surface area contributed by atoms with Crippen molar-refractivity contribution in [2.24, 2.45) is 5.41 Å². The van der Waals surface area contributed by atoms with Gasteiger partial charge in [-0.3, -0.25) is 4.79 Å². The Kier molecular flexibility index (Phi) is 5.78. The summed E-state index contributed by atoms with van der Waals surface area (Å²) in [4.78, 5) is 14.3. The zero-order valence-electron chi connectivity index (χ0n) is 14.2. The smallest absolute Gasteiger partial charge is 0.230 e. The maximum Gasteiger partial charge on any atom is 0.230 e. The topological polar surface area (TPSA) is 90.6 Å². The summed E-state index contributed by atoms with van der Waals surface area (Å²) < 4.78 is 1.89. The molecule has 1 aliphatic heterocycles. The molecule has 1 aliphatic rings. The van der Waals surface area contributed by atoms with Crippen molar-refractivity contribution in [1.29, 1.82) is 0 Å². The predicted molar refractivity (Wildman–Crippen MR) is 88.1 cm³/mol. The lowest BCUT2D eigenvalue weighted by Gasteiger charge is -2.33. The summed E-state index contributed by atoms with van der Waals surface area (Å²) in [6.45, 7) is 7.62. The summed E-state index contributed by atoms with van der Waals surface area (Å²) in [5, 5.41) is 25.8. The monoisotopic (exact) mass is 324 g/mol. The second-order valence-corrected chi connectivity index (χ2v) is 7.23. The van der Waals surface area contributed by atoms with Crippen LogP contribution >= 0.6 is 0 Å². The van der Waals surface area contributed by atoms with Gasteiger partial charge in [-0.1, -0.05) is 20.8 Å². The summed E-state index contributed by atoms with van der Waals surface area (Å²) in [5.74, 6) is 0.710. The number of amides is 1. The van der Waals surface area contributed by atoms with Crippen LogP contribution in [0, 0.1) is 5.41 Å². The maximum atomic E-state index is 12.2. The summed E-state index contributed by atoms with van der Waals surface area (Å²) in [6, 6.07) is 2.06. The first-order valence-corrected chi connectivity index (χ1v) is 8.17. The first kappa shape index (κ1) is 17.9. The van der Waals surface area contributed by atoms with Crippen LogP contribution in [0.4, 0.5) is 5.82 Å². The number of nitrogens with zero attached hydrogens (tertiary/aromatic N) is 3. The van der Waals surface area contributed by atoms with Crippen molar-refractivity contribution < 1.29 is 15.0 Å². The SMILES string of the molecule is CC(C)(C)C(=O)Nc1ccnn1C1CCN(C[C@@H](O)CO)CC1. The van der Waals surface area contributed by atoms with E-state index in [9.17, 15) is 9.90 Å². The number of aromatic nitrogens is 2. The molecule has 2 heterocycles. The summed E-state index contributed by atoms with van der Waals surface area (Å²) in [6.07, 6.45) is 2.83. The minimum Gasteiger partial charge on any atom is -0.394 e. The number of rotatable bonds is 5. The third-order valence-electron chi connectivity index (χ3n) is 4.18. The molecule has 1 amide bonds. The van der Waals surface area contributed by atoms with Gasteiger partial charge >= 0.3 is 0 Å². The van der Waals surface area contributed by atoms with Crippen molar-refractivity contribution in [2.75, 3.05) is 31.6 Å². The van der Waals surface area contributed by atoms with E-state index in [1.54, 1.807) is 6.20 Å². The second kappa shape index (κ2) is 7.42. The Morgan fingerprint density at radius 3 is 2.65 bits per heavy atom. The fourth-order valence-corrected chi connectivity index (χ4v) is 2.71. The third kappa shape index (κ3) is 4.76. The largest absolute Gasteiger partial charge is 0.394 e. The number of carbonyl (C=O) groups excluding carboxylic acids is 1. The van der Waals surface area contributed by atoms with Crippen LogP contribution in [-0.4, -0.2) is 63.1 Å². The highest BCUT2D eigenvalue weighted by Crippen LogP contribution is 2.26. The standard InChI is InChI=1S/C16H28N4O3/c1-16(2,3)15(23)18-14-4-7-17-20(14)12-5-8-19(9-6-12)10-13(22)11-21/h4,7,12-13,21-22H,5-6,8-11H2,1-3H3,(H,18,23)/t13-/m1/s1. The molecule has 0 aliphatic carbocycles. The van der Waals surface area contributed by atoms with Crippen molar-refractivity contribution in [3.05, 3.63) is 12.3 Å². The summed E-state index contributed by atoms with van der Waals surface area (Å²) >= 11 is 0. The van der Waals surface area contributed by atoms with E-state index in [4.69, 9.17) is 5.11 Å². The van der Waals surface area contributed by atoms with Gasteiger partial charge in [0.25, 0.3) is 0 Å². The van der Waals surface area contributed by atoms with E-state index in [1.807, 2.05) is 31.5 Å².